The van der Waals surface area contributed by atoms with Crippen molar-refractivity contribution in [2.24, 2.45) is 0 Å². The van der Waals surface area contributed by atoms with Crippen LogP contribution in [0.1, 0.15) is 37.5 Å². The molecule has 0 spiro atoms. The predicted octanol–water partition coefficient (Wildman–Crippen LogP) is 4.27. The molecule has 0 aliphatic carbocycles. The maximum atomic E-state index is 5.96. The average Bonchev–Trinajstić information content (AvgIpc) is 2.55. The number of aromatic nitrogens is 1. The number of aryl methyl sites for hydroxylation is 2. The highest BCUT2D eigenvalue weighted by atomic mass is 16.5. The van der Waals surface area contributed by atoms with Gasteiger partial charge in [0.1, 0.15) is 5.75 Å². The minimum atomic E-state index is 0.173. The zero-order valence-corrected chi connectivity index (χ0v) is 11.7. The molecule has 19 heavy (non-hydrogen) atoms. The van der Waals surface area contributed by atoms with Crippen LogP contribution in [0.4, 0.5) is 0 Å². The second-order valence-electron chi connectivity index (χ2n) is 6.14. The van der Waals surface area contributed by atoms with Crippen LogP contribution in [-0.2, 0) is 18.3 Å². The maximum absolute atomic E-state index is 5.96. The summed E-state index contributed by atoms with van der Waals surface area (Å²) in [5.74, 6) is 1.70. The Hall–Kier alpha value is -1.83. The van der Waals surface area contributed by atoms with Crippen molar-refractivity contribution < 1.29 is 4.74 Å². The van der Waals surface area contributed by atoms with E-state index in [9.17, 15) is 0 Å². The van der Waals surface area contributed by atoms with E-state index in [-0.39, 0.29) is 5.41 Å². The third-order valence-corrected chi connectivity index (χ3v) is 3.65. The van der Waals surface area contributed by atoms with Gasteiger partial charge in [-0.3, -0.25) is 0 Å². The van der Waals surface area contributed by atoms with Crippen molar-refractivity contribution in [1.82, 2.24) is 4.98 Å². The number of hydrogen-bond acceptors (Lipinski definition) is 2. The third-order valence-electron chi connectivity index (χ3n) is 3.65. The van der Waals surface area contributed by atoms with Crippen molar-refractivity contribution in [3.63, 3.8) is 0 Å². The summed E-state index contributed by atoms with van der Waals surface area (Å²) in [5.41, 5.74) is 4.00. The predicted molar refractivity (Wildman–Crippen MR) is 76.9 cm³/mol. The van der Waals surface area contributed by atoms with E-state index >= 15 is 0 Å². The Morgan fingerprint density at radius 2 is 1.84 bits per heavy atom. The Morgan fingerprint density at radius 3 is 2.63 bits per heavy atom. The van der Waals surface area contributed by atoms with E-state index in [1.165, 1.54) is 16.7 Å². The zero-order chi connectivity index (χ0) is 13.5. The fourth-order valence-corrected chi connectivity index (χ4v) is 2.42. The van der Waals surface area contributed by atoms with E-state index in [0.29, 0.717) is 0 Å². The van der Waals surface area contributed by atoms with Crippen molar-refractivity contribution in [3.8, 4) is 11.6 Å². The summed E-state index contributed by atoms with van der Waals surface area (Å²) >= 11 is 0. The van der Waals surface area contributed by atoms with Crippen LogP contribution in [0.15, 0.2) is 36.5 Å². The van der Waals surface area contributed by atoms with Crippen LogP contribution < -0.4 is 4.74 Å². The molecule has 1 aromatic heterocycles. The number of ether oxygens (including phenoxy) is 1. The highest BCUT2D eigenvalue weighted by molar-refractivity contribution is 5.45. The number of nitrogens with zero attached hydrogens (tertiary/aromatic N) is 1. The summed E-state index contributed by atoms with van der Waals surface area (Å²) in [6.07, 6.45) is 3.79. The number of hydrogen-bond donors (Lipinski definition) is 0. The van der Waals surface area contributed by atoms with E-state index in [0.717, 1.165) is 24.5 Å². The van der Waals surface area contributed by atoms with Crippen molar-refractivity contribution in [3.05, 3.63) is 53.2 Å². The summed E-state index contributed by atoms with van der Waals surface area (Å²) in [6, 6.07) is 10.6. The van der Waals surface area contributed by atoms with Gasteiger partial charge in [0.25, 0.3) is 0 Å². The van der Waals surface area contributed by atoms with Crippen molar-refractivity contribution in [2.75, 3.05) is 0 Å². The molecule has 0 radical (unpaired) electrons. The lowest BCUT2D eigenvalue weighted by molar-refractivity contribution is 0.458. The minimum Gasteiger partial charge on any atom is -0.438 e. The van der Waals surface area contributed by atoms with Gasteiger partial charge in [0.15, 0.2) is 0 Å². The largest absolute Gasteiger partial charge is 0.438 e. The lowest BCUT2D eigenvalue weighted by Gasteiger charge is -2.20. The average molecular weight is 253 g/mol. The molecule has 0 fully saturated rings. The number of pyridine rings is 1. The molecule has 2 nitrogen and oxygen atoms in total. The maximum Gasteiger partial charge on any atom is 0.222 e. The van der Waals surface area contributed by atoms with E-state index in [1.807, 2.05) is 6.07 Å². The Bertz CT molecular complexity index is 611. The molecular formula is C17H19NO. The first kappa shape index (κ1) is 12.2. The van der Waals surface area contributed by atoms with Crippen LogP contribution in [0.3, 0.4) is 0 Å². The van der Waals surface area contributed by atoms with Crippen molar-refractivity contribution in [2.45, 2.75) is 39.0 Å². The summed E-state index contributed by atoms with van der Waals surface area (Å²) in [7, 11) is 0. The lowest BCUT2D eigenvalue weighted by atomic mass is 9.85. The summed E-state index contributed by atoms with van der Waals surface area (Å²) in [5, 5.41) is 0. The quantitative estimate of drug-likeness (QED) is 0.699. The molecule has 3 rings (SSSR count). The van der Waals surface area contributed by atoms with Gasteiger partial charge in [-0.15, -0.1) is 0 Å². The van der Waals surface area contributed by atoms with Crippen LogP contribution in [0.5, 0.6) is 11.6 Å². The van der Waals surface area contributed by atoms with E-state index < -0.39 is 0 Å². The smallest absolute Gasteiger partial charge is 0.222 e. The van der Waals surface area contributed by atoms with Gasteiger partial charge in [0, 0.05) is 11.8 Å². The van der Waals surface area contributed by atoms with Gasteiger partial charge in [0.05, 0.1) is 0 Å². The van der Waals surface area contributed by atoms with Gasteiger partial charge in [-0.25, -0.2) is 4.98 Å². The van der Waals surface area contributed by atoms with Gasteiger partial charge >= 0.3 is 0 Å². The molecule has 0 bridgehead atoms. The Morgan fingerprint density at radius 1 is 1.05 bits per heavy atom. The first-order valence-electron chi connectivity index (χ1n) is 6.79. The molecular weight excluding hydrogens is 234 g/mol. The summed E-state index contributed by atoms with van der Waals surface area (Å²) in [6.45, 7) is 6.72. The standard InChI is InChI=1S/C17H19NO/c1-17(2,3)14-8-9-15-13(11-14)7-6-12-5-4-10-18-16(12)19-15/h4-5,8-11H,6-7H2,1-3H3. The van der Waals surface area contributed by atoms with E-state index in [4.69, 9.17) is 4.74 Å². The SMILES string of the molecule is CC(C)(C)c1ccc2c(c1)CCc1cccnc1O2. The zero-order valence-electron chi connectivity index (χ0n) is 11.7. The molecule has 0 atom stereocenters. The van der Waals surface area contributed by atoms with Crippen LogP contribution >= 0.6 is 0 Å². The number of fused-ring (bicyclic) bond motifs is 2. The first-order chi connectivity index (χ1) is 9.04. The molecule has 2 aromatic rings. The second-order valence-corrected chi connectivity index (χ2v) is 6.14. The monoisotopic (exact) mass is 253 g/mol. The van der Waals surface area contributed by atoms with Crippen molar-refractivity contribution in [1.29, 1.82) is 0 Å². The Labute approximate surface area is 114 Å². The molecule has 0 saturated heterocycles. The first-order valence-corrected chi connectivity index (χ1v) is 6.79. The van der Waals surface area contributed by atoms with Gasteiger partial charge in [0.2, 0.25) is 5.88 Å². The molecule has 0 amide bonds. The minimum absolute atomic E-state index is 0.173. The summed E-state index contributed by atoms with van der Waals surface area (Å²) < 4.78 is 5.96. The van der Waals surface area contributed by atoms with Crippen LogP contribution in [0.2, 0.25) is 0 Å². The number of benzene rings is 1. The Balaban J connectivity index is 2.02. The van der Waals surface area contributed by atoms with Gasteiger partial charge in [-0.05, 0) is 41.5 Å². The molecule has 2 heterocycles. The highest BCUT2D eigenvalue weighted by Crippen LogP contribution is 2.34. The van der Waals surface area contributed by atoms with E-state index in [2.05, 4.69) is 50.0 Å². The van der Waals surface area contributed by atoms with Gasteiger partial charge in [-0.1, -0.05) is 39.0 Å². The van der Waals surface area contributed by atoms with Gasteiger partial charge in [-0.2, -0.15) is 0 Å². The summed E-state index contributed by atoms with van der Waals surface area (Å²) in [4.78, 5) is 4.33. The van der Waals surface area contributed by atoms with E-state index in [1.54, 1.807) is 6.20 Å². The topological polar surface area (TPSA) is 22.1 Å². The molecule has 0 unspecified atom stereocenters. The third kappa shape index (κ3) is 2.35. The molecule has 2 heteroatoms. The second kappa shape index (κ2) is 4.37. The van der Waals surface area contributed by atoms with Crippen LogP contribution in [0, 0.1) is 0 Å². The molecule has 98 valence electrons. The van der Waals surface area contributed by atoms with Crippen molar-refractivity contribution >= 4 is 0 Å². The van der Waals surface area contributed by atoms with Gasteiger partial charge < -0.3 is 4.74 Å². The molecule has 1 aliphatic rings. The number of rotatable bonds is 0. The van der Waals surface area contributed by atoms with Crippen LogP contribution in [0.25, 0.3) is 0 Å². The highest BCUT2D eigenvalue weighted by Gasteiger charge is 2.19. The lowest BCUT2D eigenvalue weighted by Crippen LogP contribution is -2.11. The normalized spacial score (nSPS) is 14.1. The molecule has 0 saturated carbocycles. The fraction of sp³-hybridized carbons (Fsp3) is 0.353. The van der Waals surface area contributed by atoms with Crippen LogP contribution in [-0.4, -0.2) is 4.98 Å². The molecule has 1 aromatic carbocycles. The molecule has 0 N–H and O–H groups in total. The Kier molecular flexibility index (Phi) is 2.81. The molecule has 1 aliphatic heterocycles. The fourth-order valence-electron chi connectivity index (χ4n) is 2.42.